The molecule has 12 heavy (non-hydrogen) atoms. The molecule has 1 saturated heterocycles. The molecule has 0 bridgehead atoms. The molecule has 3 nitrogen and oxygen atoms in total. The molecule has 2 fully saturated rings. The predicted octanol–water partition coefficient (Wildman–Crippen LogP) is 0.394. The van der Waals surface area contributed by atoms with Gasteiger partial charge in [-0.15, -0.1) is 0 Å². The molecule has 2 atom stereocenters. The third kappa shape index (κ3) is 1.33. The molecule has 1 aliphatic carbocycles. The standard InChI is InChI=1S/C9H16N2O/c10-7-2-1-3-9(4-7)5-8(12)11-6-9/h7H,1-6,10H2,(H,11,12). The van der Waals surface area contributed by atoms with Gasteiger partial charge in [-0.1, -0.05) is 6.42 Å². The molecule has 2 aliphatic rings. The number of rotatable bonds is 0. The summed E-state index contributed by atoms with van der Waals surface area (Å²) < 4.78 is 0. The van der Waals surface area contributed by atoms with Crippen molar-refractivity contribution in [3.8, 4) is 0 Å². The average Bonchev–Trinajstić information content (AvgIpc) is 2.32. The van der Waals surface area contributed by atoms with Gasteiger partial charge >= 0.3 is 0 Å². The van der Waals surface area contributed by atoms with Crippen LogP contribution in [0, 0.1) is 5.41 Å². The van der Waals surface area contributed by atoms with Gasteiger partial charge in [-0.25, -0.2) is 0 Å². The van der Waals surface area contributed by atoms with Crippen molar-refractivity contribution in [3.05, 3.63) is 0 Å². The van der Waals surface area contributed by atoms with Crippen molar-refractivity contribution in [1.82, 2.24) is 5.32 Å². The van der Waals surface area contributed by atoms with E-state index in [1.807, 2.05) is 0 Å². The van der Waals surface area contributed by atoms with E-state index in [1.165, 1.54) is 12.8 Å². The SMILES string of the molecule is NC1CCCC2(CNC(=O)C2)C1. The zero-order chi connectivity index (χ0) is 8.60. The van der Waals surface area contributed by atoms with Crippen molar-refractivity contribution in [1.29, 1.82) is 0 Å². The van der Waals surface area contributed by atoms with Crippen LogP contribution in [0.1, 0.15) is 32.1 Å². The summed E-state index contributed by atoms with van der Waals surface area (Å²) in [6.45, 7) is 0.861. The van der Waals surface area contributed by atoms with Crippen LogP contribution in [0.3, 0.4) is 0 Å². The average molecular weight is 168 g/mol. The van der Waals surface area contributed by atoms with Gasteiger partial charge in [0.25, 0.3) is 0 Å². The third-order valence-electron chi connectivity index (χ3n) is 3.17. The van der Waals surface area contributed by atoms with Gasteiger partial charge in [0, 0.05) is 19.0 Å². The van der Waals surface area contributed by atoms with E-state index in [9.17, 15) is 4.79 Å². The molecule has 3 N–H and O–H groups in total. The van der Waals surface area contributed by atoms with Crippen LogP contribution in [0.25, 0.3) is 0 Å². The lowest BCUT2D eigenvalue weighted by molar-refractivity contribution is -0.119. The van der Waals surface area contributed by atoms with E-state index in [1.54, 1.807) is 0 Å². The second-order valence-corrected chi connectivity index (χ2v) is 4.31. The topological polar surface area (TPSA) is 55.1 Å². The molecule has 1 heterocycles. The molecule has 2 unspecified atom stereocenters. The van der Waals surface area contributed by atoms with Gasteiger partial charge in [-0.2, -0.15) is 0 Å². The van der Waals surface area contributed by atoms with E-state index in [0.29, 0.717) is 12.5 Å². The van der Waals surface area contributed by atoms with E-state index in [0.717, 1.165) is 19.4 Å². The zero-order valence-corrected chi connectivity index (χ0v) is 7.31. The van der Waals surface area contributed by atoms with Crippen LogP contribution in [-0.2, 0) is 4.79 Å². The van der Waals surface area contributed by atoms with Crippen LogP contribution < -0.4 is 11.1 Å². The van der Waals surface area contributed by atoms with Crippen LogP contribution in [0.15, 0.2) is 0 Å². The molecule has 2 rings (SSSR count). The largest absolute Gasteiger partial charge is 0.356 e. The summed E-state index contributed by atoms with van der Waals surface area (Å²) in [6.07, 6.45) is 5.25. The first-order chi connectivity index (χ1) is 5.70. The lowest BCUT2D eigenvalue weighted by Gasteiger charge is -2.34. The molecular formula is C9H16N2O. The Morgan fingerprint density at radius 3 is 3.00 bits per heavy atom. The van der Waals surface area contributed by atoms with Gasteiger partial charge in [-0.3, -0.25) is 4.79 Å². The molecule has 1 spiro atoms. The summed E-state index contributed by atoms with van der Waals surface area (Å²) in [6, 6.07) is 0.325. The van der Waals surface area contributed by atoms with Crippen molar-refractivity contribution in [2.45, 2.75) is 38.1 Å². The fraction of sp³-hybridized carbons (Fsp3) is 0.889. The normalized spacial score (nSPS) is 41.8. The number of amides is 1. The van der Waals surface area contributed by atoms with E-state index >= 15 is 0 Å². The summed E-state index contributed by atoms with van der Waals surface area (Å²) >= 11 is 0. The van der Waals surface area contributed by atoms with Gasteiger partial charge in [0.1, 0.15) is 0 Å². The number of nitrogens with one attached hydrogen (secondary N) is 1. The molecule has 1 amide bonds. The highest BCUT2D eigenvalue weighted by molar-refractivity contribution is 5.79. The van der Waals surface area contributed by atoms with Crippen molar-refractivity contribution in [2.24, 2.45) is 11.1 Å². The summed E-state index contributed by atoms with van der Waals surface area (Å²) in [4.78, 5) is 11.1. The van der Waals surface area contributed by atoms with Gasteiger partial charge < -0.3 is 11.1 Å². The lowest BCUT2D eigenvalue weighted by atomic mass is 9.72. The summed E-state index contributed by atoms with van der Waals surface area (Å²) in [5.74, 6) is 0.212. The summed E-state index contributed by atoms with van der Waals surface area (Å²) in [7, 11) is 0. The fourth-order valence-corrected chi connectivity index (χ4v) is 2.57. The molecule has 0 aromatic heterocycles. The Kier molecular flexibility index (Phi) is 1.83. The number of hydrogen-bond donors (Lipinski definition) is 2. The minimum Gasteiger partial charge on any atom is -0.356 e. The van der Waals surface area contributed by atoms with Crippen molar-refractivity contribution in [3.63, 3.8) is 0 Å². The first-order valence-electron chi connectivity index (χ1n) is 4.73. The first-order valence-corrected chi connectivity index (χ1v) is 4.73. The summed E-state index contributed by atoms with van der Waals surface area (Å²) in [5.41, 5.74) is 6.13. The zero-order valence-electron chi connectivity index (χ0n) is 7.31. The maximum absolute atomic E-state index is 11.1. The molecule has 0 aromatic carbocycles. The fourth-order valence-electron chi connectivity index (χ4n) is 2.57. The maximum Gasteiger partial charge on any atom is 0.220 e. The van der Waals surface area contributed by atoms with E-state index in [4.69, 9.17) is 5.73 Å². The van der Waals surface area contributed by atoms with Crippen LogP contribution in [0.4, 0.5) is 0 Å². The lowest BCUT2D eigenvalue weighted by Crippen LogP contribution is -2.37. The second kappa shape index (κ2) is 2.73. The second-order valence-electron chi connectivity index (χ2n) is 4.31. The smallest absolute Gasteiger partial charge is 0.220 e. The molecule has 0 aromatic rings. The number of carbonyl (C=O) groups is 1. The van der Waals surface area contributed by atoms with E-state index < -0.39 is 0 Å². The Balaban J connectivity index is 2.05. The molecule has 1 saturated carbocycles. The molecule has 0 radical (unpaired) electrons. The van der Waals surface area contributed by atoms with Gasteiger partial charge in [0.05, 0.1) is 0 Å². The Hall–Kier alpha value is -0.570. The number of hydrogen-bond acceptors (Lipinski definition) is 2. The highest BCUT2D eigenvalue weighted by Crippen LogP contribution is 2.40. The van der Waals surface area contributed by atoms with Gasteiger partial charge in [0.2, 0.25) is 5.91 Å². The predicted molar refractivity (Wildman–Crippen MR) is 46.5 cm³/mol. The molecule has 1 aliphatic heterocycles. The Bertz CT molecular complexity index is 205. The third-order valence-corrected chi connectivity index (χ3v) is 3.17. The van der Waals surface area contributed by atoms with Crippen LogP contribution >= 0.6 is 0 Å². The Labute approximate surface area is 72.7 Å². The Morgan fingerprint density at radius 2 is 2.42 bits per heavy atom. The van der Waals surface area contributed by atoms with Gasteiger partial charge in [0.15, 0.2) is 0 Å². The highest BCUT2D eigenvalue weighted by Gasteiger charge is 2.41. The highest BCUT2D eigenvalue weighted by atomic mass is 16.1. The van der Waals surface area contributed by atoms with Crippen molar-refractivity contribution < 1.29 is 4.79 Å². The number of nitrogens with two attached hydrogens (primary N) is 1. The quantitative estimate of drug-likeness (QED) is 0.550. The monoisotopic (exact) mass is 168 g/mol. The van der Waals surface area contributed by atoms with E-state index in [-0.39, 0.29) is 11.3 Å². The maximum atomic E-state index is 11.1. The van der Waals surface area contributed by atoms with Crippen LogP contribution in [0.2, 0.25) is 0 Å². The molecule has 3 heteroatoms. The summed E-state index contributed by atoms with van der Waals surface area (Å²) in [5, 5.41) is 2.91. The minimum atomic E-state index is 0.212. The van der Waals surface area contributed by atoms with Crippen molar-refractivity contribution in [2.75, 3.05) is 6.54 Å². The minimum absolute atomic E-state index is 0.212. The van der Waals surface area contributed by atoms with E-state index in [2.05, 4.69) is 5.32 Å². The van der Waals surface area contributed by atoms with Crippen LogP contribution in [-0.4, -0.2) is 18.5 Å². The van der Waals surface area contributed by atoms with Crippen LogP contribution in [0.5, 0.6) is 0 Å². The number of carbonyl (C=O) groups excluding carboxylic acids is 1. The first kappa shape index (κ1) is 8.05. The van der Waals surface area contributed by atoms with Gasteiger partial charge in [-0.05, 0) is 24.7 Å². The van der Waals surface area contributed by atoms with Crippen molar-refractivity contribution >= 4 is 5.91 Å². The molecular weight excluding hydrogens is 152 g/mol. The molecule has 68 valence electrons. The Morgan fingerprint density at radius 1 is 1.58 bits per heavy atom.